The van der Waals surface area contributed by atoms with Crippen molar-refractivity contribution in [1.29, 1.82) is 0 Å². The summed E-state index contributed by atoms with van der Waals surface area (Å²) in [6.07, 6.45) is 0.987. The summed E-state index contributed by atoms with van der Waals surface area (Å²) >= 11 is 0. The zero-order valence-corrected chi connectivity index (χ0v) is 15.7. The Kier molecular flexibility index (Phi) is 3.39. The lowest BCUT2D eigenvalue weighted by atomic mass is 9.64. The van der Waals surface area contributed by atoms with Gasteiger partial charge >= 0.3 is 0 Å². The largest absolute Gasteiger partial charge is 0.324 e. The molecule has 128 valence electrons. The molecular weight excluding hydrogens is 302 g/mol. The van der Waals surface area contributed by atoms with Crippen LogP contribution in [0.4, 0.5) is 0 Å². The Bertz CT molecular complexity index is 1120. The Morgan fingerprint density at radius 2 is 1.64 bits per heavy atom. The monoisotopic (exact) mass is 329 g/mol. The highest BCUT2D eigenvalue weighted by Gasteiger charge is 2.37. The van der Waals surface area contributed by atoms with Gasteiger partial charge in [-0.05, 0) is 85.5 Å². The van der Waals surface area contributed by atoms with Gasteiger partial charge in [-0.1, -0.05) is 52.1 Å². The predicted octanol–water partition coefficient (Wildman–Crippen LogP) is 4.66. The van der Waals surface area contributed by atoms with Crippen LogP contribution in [0.5, 0.6) is 0 Å². The molecule has 0 saturated carbocycles. The van der Waals surface area contributed by atoms with Crippen LogP contribution in [0.15, 0.2) is 30.3 Å². The standard InChI is InChI=1S/C24H27N/c1-13-8-7-9-17-10-19-15(3)23-21(25)12-24(5,6)16(4)22(23)14(2)20(19)11-18(13)17/h7-11,16,21H,2-3,12,25H2,1,4-6H3. The van der Waals surface area contributed by atoms with Crippen LogP contribution in [0.1, 0.15) is 55.8 Å². The first-order valence-electron chi connectivity index (χ1n) is 9.14. The third-order valence-corrected chi connectivity index (χ3v) is 6.55. The third-order valence-electron chi connectivity index (χ3n) is 6.55. The molecule has 2 atom stereocenters. The van der Waals surface area contributed by atoms with Crippen LogP contribution < -0.4 is 16.2 Å². The van der Waals surface area contributed by atoms with Gasteiger partial charge in [-0.15, -0.1) is 0 Å². The molecule has 3 aromatic rings. The molecule has 2 N–H and O–H groups in total. The Balaban J connectivity index is 2.21. The van der Waals surface area contributed by atoms with Gasteiger partial charge in [0, 0.05) is 6.04 Å². The fourth-order valence-electron chi connectivity index (χ4n) is 4.75. The molecular formula is C24H27N. The summed E-state index contributed by atoms with van der Waals surface area (Å²) in [5, 5.41) is 7.21. The number of rotatable bonds is 0. The average Bonchev–Trinajstić information content (AvgIpc) is 2.55. The number of aryl methyl sites for hydroxylation is 1. The van der Waals surface area contributed by atoms with Crippen LogP contribution in [-0.2, 0) is 0 Å². The molecule has 25 heavy (non-hydrogen) atoms. The Hall–Kier alpha value is -2.12. The van der Waals surface area contributed by atoms with Crippen molar-refractivity contribution in [3.63, 3.8) is 0 Å². The second kappa shape index (κ2) is 5.19. The van der Waals surface area contributed by atoms with Crippen molar-refractivity contribution in [2.24, 2.45) is 11.1 Å². The minimum Gasteiger partial charge on any atom is -0.324 e. The number of fused-ring (bicyclic) bond motifs is 3. The van der Waals surface area contributed by atoms with Gasteiger partial charge in [-0.25, -0.2) is 0 Å². The fourth-order valence-corrected chi connectivity index (χ4v) is 4.75. The molecule has 0 heterocycles. The van der Waals surface area contributed by atoms with Crippen LogP contribution in [0.25, 0.3) is 34.7 Å². The van der Waals surface area contributed by atoms with E-state index in [9.17, 15) is 0 Å². The van der Waals surface area contributed by atoms with Gasteiger partial charge < -0.3 is 5.73 Å². The highest BCUT2D eigenvalue weighted by Crippen LogP contribution is 2.46. The van der Waals surface area contributed by atoms with E-state index in [0.29, 0.717) is 5.92 Å². The molecule has 0 radical (unpaired) electrons. The van der Waals surface area contributed by atoms with Crippen molar-refractivity contribution in [2.75, 3.05) is 0 Å². The molecule has 0 aromatic heterocycles. The number of benzene rings is 3. The summed E-state index contributed by atoms with van der Waals surface area (Å²) in [5.41, 5.74) is 10.6. The van der Waals surface area contributed by atoms with E-state index < -0.39 is 0 Å². The summed E-state index contributed by atoms with van der Waals surface area (Å²) in [4.78, 5) is 0. The third kappa shape index (κ3) is 2.19. The number of nitrogens with two attached hydrogens (primary N) is 1. The van der Waals surface area contributed by atoms with Crippen LogP contribution >= 0.6 is 0 Å². The topological polar surface area (TPSA) is 26.0 Å². The average molecular weight is 329 g/mol. The molecule has 0 aliphatic heterocycles. The van der Waals surface area contributed by atoms with E-state index in [4.69, 9.17) is 5.73 Å². The van der Waals surface area contributed by atoms with Crippen LogP contribution in [0.2, 0.25) is 0 Å². The van der Waals surface area contributed by atoms with Crippen molar-refractivity contribution in [2.45, 2.75) is 46.1 Å². The van der Waals surface area contributed by atoms with E-state index in [2.05, 4.69) is 71.2 Å². The zero-order chi connectivity index (χ0) is 18.1. The molecule has 0 spiro atoms. The van der Waals surface area contributed by atoms with Crippen molar-refractivity contribution >= 4 is 34.7 Å². The summed E-state index contributed by atoms with van der Waals surface area (Å²) in [6, 6.07) is 11.1. The van der Waals surface area contributed by atoms with Crippen molar-refractivity contribution in [1.82, 2.24) is 0 Å². The molecule has 1 heteroatoms. The molecule has 0 amide bonds. The Labute approximate surface area is 149 Å². The van der Waals surface area contributed by atoms with E-state index in [0.717, 1.165) is 16.9 Å². The van der Waals surface area contributed by atoms with Gasteiger partial charge in [0.25, 0.3) is 0 Å². The summed E-state index contributed by atoms with van der Waals surface area (Å²) < 4.78 is 0. The number of hydrogen-bond donors (Lipinski definition) is 1. The highest BCUT2D eigenvalue weighted by molar-refractivity contribution is 6.00. The number of hydrogen-bond acceptors (Lipinski definition) is 1. The molecule has 0 saturated heterocycles. The molecule has 3 aromatic carbocycles. The van der Waals surface area contributed by atoms with Gasteiger partial charge in [0.05, 0.1) is 0 Å². The van der Waals surface area contributed by atoms with Gasteiger partial charge in [0.1, 0.15) is 0 Å². The zero-order valence-electron chi connectivity index (χ0n) is 15.7. The quantitative estimate of drug-likeness (QED) is 0.597. The lowest BCUT2D eigenvalue weighted by Gasteiger charge is -2.42. The Morgan fingerprint density at radius 1 is 1.00 bits per heavy atom. The molecule has 4 rings (SSSR count). The fraction of sp³-hybridized carbons (Fsp3) is 0.333. The lowest BCUT2D eigenvalue weighted by molar-refractivity contribution is 0.232. The molecule has 1 aliphatic rings. The van der Waals surface area contributed by atoms with Crippen LogP contribution in [0, 0.1) is 12.3 Å². The molecule has 0 bridgehead atoms. The molecule has 2 unspecified atom stereocenters. The molecule has 1 aliphatic carbocycles. The normalized spacial score (nSPS) is 22.3. The lowest BCUT2D eigenvalue weighted by Crippen LogP contribution is -2.40. The van der Waals surface area contributed by atoms with Crippen molar-refractivity contribution in [3.05, 3.63) is 57.5 Å². The van der Waals surface area contributed by atoms with Gasteiger partial charge in [-0.3, -0.25) is 0 Å². The van der Waals surface area contributed by atoms with Gasteiger partial charge in [-0.2, -0.15) is 0 Å². The summed E-state index contributed by atoms with van der Waals surface area (Å²) in [6.45, 7) is 18.1. The van der Waals surface area contributed by atoms with Crippen LogP contribution in [0.3, 0.4) is 0 Å². The Morgan fingerprint density at radius 3 is 2.36 bits per heavy atom. The maximum absolute atomic E-state index is 6.61. The first kappa shape index (κ1) is 16.4. The predicted molar refractivity (Wildman–Crippen MR) is 110 cm³/mol. The summed E-state index contributed by atoms with van der Waals surface area (Å²) in [5.74, 6) is 0.423. The second-order valence-corrected chi connectivity index (χ2v) is 8.50. The maximum Gasteiger partial charge on any atom is 0.0309 e. The molecule has 1 nitrogen and oxygen atoms in total. The van der Waals surface area contributed by atoms with E-state index in [1.807, 2.05) is 0 Å². The smallest absolute Gasteiger partial charge is 0.0309 e. The maximum atomic E-state index is 6.61. The van der Waals surface area contributed by atoms with E-state index in [1.165, 1.54) is 38.2 Å². The van der Waals surface area contributed by atoms with E-state index >= 15 is 0 Å². The van der Waals surface area contributed by atoms with Gasteiger partial charge in [0.2, 0.25) is 0 Å². The summed E-state index contributed by atoms with van der Waals surface area (Å²) in [7, 11) is 0. The first-order chi connectivity index (χ1) is 11.7. The van der Waals surface area contributed by atoms with Gasteiger partial charge in [0.15, 0.2) is 0 Å². The van der Waals surface area contributed by atoms with Crippen LogP contribution in [-0.4, -0.2) is 0 Å². The van der Waals surface area contributed by atoms with E-state index in [1.54, 1.807) is 0 Å². The minimum atomic E-state index is 0.0341. The second-order valence-electron chi connectivity index (χ2n) is 8.50. The van der Waals surface area contributed by atoms with E-state index in [-0.39, 0.29) is 11.5 Å². The van der Waals surface area contributed by atoms with Crippen molar-refractivity contribution in [3.8, 4) is 0 Å². The first-order valence-corrected chi connectivity index (χ1v) is 9.14. The SMILES string of the molecule is C=c1c2c(c(=C)c3cc4c(C)cccc4cc13)C(C)C(C)(C)CC2N. The highest BCUT2D eigenvalue weighted by atomic mass is 14.7. The molecule has 0 fully saturated rings. The minimum absolute atomic E-state index is 0.0341. The van der Waals surface area contributed by atoms with Crippen molar-refractivity contribution < 1.29 is 0 Å².